The van der Waals surface area contributed by atoms with Crippen molar-refractivity contribution in [2.24, 2.45) is 0 Å². The van der Waals surface area contributed by atoms with Gasteiger partial charge in [-0.2, -0.15) is 0 Å². The third-order valence-corrected chi connectivity index (χ3v) is 2.11. The van der Waals surface area contributed by atoms with Gasteiger partial charge in [0.2, 0.25) is 0 Å². The lowest BCUT2D eigenvalue weighted by molar-refractivity contribution is 0.00434. The summed E-state index contributed by atoms with van der Waals surface area (Å²) in [4.78, 5) is 0. The van der Waals surface area contributed by atoms with Crippen molar-refractivity contribution in [2.75, 3.05) is 13.1 Å². The zero-order valence-corrected chi connectivity index (χ0v) is 7.60. The van der Waals surface area contributed by atoms with Crippen molar-refractivity contribution in [2.45, 2.75) is 45.3 Å². The minimum Gasteiger partial charge on any atom is -0.374 e. The molecule has 0 aromatic carbocycles. The van der Waals surface area contributed by atoms with Crippen molar-refractivity contribution < 1.29 is 4.74 Å². The minimum atomic E-state index is 0.397. The van der Waals surface area contributed by atoms with E-state index in [4.69, 9.17) is 4.74 Å². The van der Waals surface area contributed by atoms with Gasteiger partial charge in [0.1, 0.15) is 0 Å². The summed E-state index contributed by atoms with van der Waals surface area (Å²) in [5.74, 6) is 0. The van der Waals surface area contributed by atoms with Gasteiger partial charge in [-0.05, 0) is 26.3 Å². The maximum absolute atomic E-state index is 5.79. The van der Waals surface area contributed by atoms with Crippen LogP contribution in [0.5, 0.6) is 0 Å². The Kier molecular flexibility index (Phi) is 3.87. The SMILES string of the molecule is CCCC1CCNCC(C)O1. The molecule has 0 amide bonds. The molecule has 0 aromatic heterocycles. The van der Waals surface area contributed by atoms with Crippen LogP contribution in [0.15, 0.2) is 0 Å². The molecule has 1 fully saturated rings. The molecular weight excluding hydrogens is 138 g/mol. The predicted molar refractivity (Wildman–Crippen MR) is 46.7 cm³/mol. The third kappa shape index (κ3) is 3.21. The minimum absolute atomic E-state index is 0.397. The van der Waals surface area contributed by atoms with Crippen LogP contribution < -0.4 is 5.32 Å². The van der Waals surface area contributed by atoms with E-state index in [1.807, 2.05) is 0 Å². The normalized spacial score (nSPS) is 33.3. The summed E-state index contributed by atoms with van der Waals surface area (Å²) in [6.45, 7) is 6.49. The van der Waals surface area contributed by atoms with Gasteiger partial charge in [-0.15, -0.1) is 0 Å². The fourth-order valence-electron chi connectivity index (χ4n) is 1.55. The second-order valence-corrected chi connectivity index (χ2v) is 3.35. The first-order valence-corrected chi connectivity index (χ1v) is 4.69. The van der Waals surface area contributed by atoms with Crippen LogP contribution in [0.25, 0.3) is 0 Å². The molecule has 0 radical (unpaired) electrons. The lowest BCUT2D eigenvalue weighted by Gasteiger charge is -2.17. The number of hydrogen-bond acceptors (Lipinski definition) is 2. The van der Waals surface area contributed by atoms with E-state index in [1.165, 1.54) is 19.3 Å². The van der Waals surface area contributed by atoms with Crippen molar-refractivity contribution in [3.8, 4) is 0 Å². The first-order chi connectivity index (χ1) is 5.33. The fourth-order valence-corrected chi connectivity index (χ4v) is 1.55. The monoisotopic (exact) mass is 157 g/mol. The van der Waals surface area contributed by atoms with E-state index in [0.29, 0.717) is 12.2 Å². The largest absolute Gasteiger partial charge is 0.374 e. The second kappa shape index (κ2) is 4.73. The van der Waals surface area contributed by atoms with Gasteiger partial charge in [-0.25, -0.2) is 0 Å². The van der Waals surface area contributed by atoms with E-state index >= 15 is 0 Å². The lowest BCUT2D eigenvalue weighted by atomic mass is 10.1. The summed E-state index contributed by atoms with van der Waals surface area (Å²) in [5.41, 5.74) is 0. The van der Waals surface area contributed by atoms with Gasteiger partial charge in [0, 0.05) is 6.54 Å². The molecular formula is C9H19NO. The Labute approximate surface area is 69.3 Å². The number of hydrogen-bond donors (Lipinski definition) is 1. The van der Waals surface area contributed by atoms with Crippen molar-refractivity contribution in [3.63, 3.8) is 0 Å². The summed E-state index contributed by atoms with van der Waals surface area (Å²) in [6, 6.07) is 0. The van der Waals surface area contributed by atoms with E-state index < -0.39 is 0 Å². The quantitative estimate of drug-likeness (QED) is 0.656. The molecule has 0 aliphatic carbocycles. The number of rotatable bonds is 2. The van der Waals surface area contributed by atoms with Gasteiger partial charge in [-0.1, -0.05) is 13.3 Å². The van der Waals surface area contributed by atoms with Crippen molar-refractivity contribution in [1.82, 2.24) is 5.32 Å². The zero-order chi connectivity index (χ0) is 8.10. The Morgan fingerprint density at radius 2 is 2.36 bits per heavy atom. The van der Waals surface area contributed by atoms with E-state index in [9.17, 15) is 0 Å². The maximum Gasteiger partial charge on any atom is 0.0675 e. The second-order valence-electron chi connectivity index (χ2n) is 3.35. The summed E-state index contributed by atoms with van der Waals surface area (Å²) >= 11 is 0. The molecule has 2 atom stereocenters. The average Bonchev–Trinajstić information content (AvgIpc) is 2.15. The predicted octanol–water partition coefficient (Wildman–Crippen LogP) is 1.55. The van der Waals surface area contributed by atoms with Gasteiger partial charge in [0.15, 0.2) is 0 Å². The van der Waals surface area contributed by atoms with Gasteiger partial charge in [0.25, 0.3) is 0 Å². The third-order valence-electron chi connectivity index (χ3n) is 2.11. The van der Waals surface area contributed by atoms with Gasteiger partial charge in [-0.3, -0.25) is 0 Å². The summed E-state index contributed by atoms with van der Waals surface area (Å²) in [7, 11) is 0. The molecule has 1 aliphatic rings. The van der Waals surface area contributed by atoms with Crippen LogP contribution in [0.2, 0.25) is 0 Å². The van der Waals surface area contributed by atoms with Crippen LogP contribution in [0.4, 0.5) is 0 Å². The molecule has 1 saturated heterocycles. The van der Waals surface area contributed by atoms with E-state index in [0.717, 1.165) is 13.1 Å². The zero-order valence-electron chi connectivity index (χ0n) is 7.60. The molecule has 11 heavy (non-hydrogen) atoms. The first kappa shape index (κ1) is 9.01. The van der Waals surface area contributed by atoms with Crippen LogP contribution in [0.1, 0.15) is 33.1 Å². The van der Waals surface area contributed by atoms with Crippen LogP contribution in [-0.2, 0) is 4.74 Å². The topological polar surface area (TPSA) is 21.3 Å². The summed E-state index contributed by atoms with van der Waals surface area (Å²) in [6.07, 6.45) is 4.53. The van der Waals surface area contributed by atoms with E-state index in [2.05, 4.69) is 19.2 Å². The van der Waals surface area contributed by atoms with Crippen molar-refractivity contribution in [3.05, 3.63) is 0 Å². The van der Waals surface area contributed by atoms with Crippen LogP contribution >= 0.6 is 0 Å². The first-order valence-electron chi connectivity index (χ1n) is 4.69. The van der Waals surface area contributed by atoms with E-state index in [-0.39, 0.29) is 0 Å². The smallest absolute Gasteiger partial charge is 0.0675 e. The molecule has 0 aromatic rings. The standard InChI is InChI=1S/C9H19NO/c1-3-4-9-5-6-10-7-8(2)11-9/h8-10H,3-7H2,1-2H3. The van der Waals surface area contributed by atoms with Gasteiger partial charge < -0.3 is 10.1 Å². The number of nitrogens with one attached hydrogen (secondary N) is 1. The molecule has 1 rings (SSSR count). The highest BCUT2D eigenvalue weighted by Gasteiger charge is 2.15. The Bertz CT molecular complexity index is 106. The molecule has 2 nitrogen and oxygen atoms in total. The van der Waals surface area contributed by atoms with Crippen LogP contribution in [0, 0.1) is 0 Å². The Hall–Kier alpha value is -0.0800. The average molecular weight is 157 g/mol. The van der Waals surface area contributed by atoms with Crippen LogP contribution in [-0.4, -0.2) is 25.3 Å². The van der Waals surface area contributed by atoms with Gasteiger partial charge >= 0.3 is 0 Å². The van der Waals surface area contributed by atoms with Crippen molar-refractivity contribution in [1.29, 1.82) is 0 Å². The van der Waals surface area contributed by atoms with E-state index in [1.54, 1.807) is 0 Å². The highest BCUT2D eigenvalue weighted by atomic mass is 16.5. The van der Waals surface area contributed by atoms with Crippen molar-refractivity contribution >= 4 is 0 Å². The fraction of sp³-hybridized carbons (Fsp3) is 1.00. The molecule has 0 bridgehead atoms. The number of ether oxygens (including phenoxy) is 1. The Morgan fingerprint density at radius 3 is 3.09 bits per heavy atom. The highest BCUT2D eigenvalue weighted by Crippen LogP contribution is 2.11. The maximum atomic E-state index is 5.79. The molecule has 1 heterocycles. The lowest BCUT2D eigenvalue weighted by Crippen LogP contribution is -2.23. The molecule has 0 spiro atoms. The molecule has 2 unspecified atom stereocenters. The van der Waals surface area contributed by atoms with Crippen LogP contribution in [0.3, 0.4) is 0 Å². The molecule has 1 aliphatic heterocycles. The molecule has 66 valence electrons. The molecule has 0 saturated carbocycles. The highest BCUT2D eigenvalue weighted by molar-refractivity contribution is 4.68. The summed E-state index contributed by atoms with van der Waals surface area (Å²) < 4.78 is 5.79. The molecule has 1 N–H and O–H groups in total. The Balaban J connectivity index is 2.27. The molecule has 2 heteroatoms. The van der Waals surface area contributed by atoms with Gasteiger partial charge in [0.05, 0.1) is 12.2 Å². The Morgan fingerprint density at radius 1 is 1.55 bits per heavy atom. The summed E-state index contributed by atoms with van der Waals surface area (Å²) in [5, 5.41) is 3.36.